The zero-order valence-electron chi connectivity index (χ0n) is 14.3. The van der Waals surface area contributed by atoms with Gasteiger partial charge in [0.25, 0.3) is 0 Å². The summed E-state index contributed by atoms with van der Waals surface area (Å²) in [5.41, 5.74) is 1.40. The van der Waals surface area contributed by atoms with Gasteiger partial charge in [0.15, 0.2) is 0 Å². The van der Waals surface area contributed by atoms with Crippen molar-refractivity contribution >= 4 is 34.8 Å². The summed E-state index contributed by atoms with van der Waals surface area (Å²) in [6.07, 6.45) is 0.318. The summed E-state index contributed by atoms with van der Waals surface area (Å²) in [4.78, 5) is 2.17. The SMILES string of the molecule is Cl.Cl.N#Cc1ccc(CNS(=O)(=O)CCN2CC3CNCC(C2)O3)cc1. The molecule has 2 heterocycles. The predicted molar refractivity (Wildman–Crippen MR) is 104 cm³/mol. The van der Waals surface area contributed by atoms with Crippen molar-refractivity contribution in [3.8, 4) is 6.07 Å². The van der Waals surface area contributed by atoms with E-state index >= 15 is 0 Å². The molecule has 2 saturated heterocycles. The first-order valence-corrected chi connectivity index (χ1v) is 9.74. The van der Waals surface area contributed by atoms with Gasteiger partial charge < -0.3 is 10.1 Å². The third-order valence-electron chi connectivity index (χ3n) is 4.31. The summed E-state index contributed by atoms with van der Waals surface area (Å²) >= 11 is 0. The Hall–Kier alpha value is -0.920. The van der Waals surface area contributed by atoms with Crippen LogP contribution in [0.3, 0.4) is 0 Å². The van der Waals surface area contributed by atoms with Crippen molar-refractivity contribution in [2.24, 2.45) is 0 Å². The van der Waals surface area contributed by atoms with E-state index < -0.39 is 10.0 Å². The van der Waals surface area contributed by atoms with E-state index in [4.69, 9.17) is 10.00 Å². The lowest BCUT2D eigenvalue weighted by Gasteiger charge is -2.41. The number of nitriles is 1. The molecule has 2 bridgehead atoms. The number of benzene rings is 1. The second-order valence-corrected chi connectivity index (χ2v) is 8.17. The van der Waals surface area contributed by atoms with Gasteiger partial charge in [-0.25, -0.2) is 13.1 Å². The van der Waals surface area contributed by atoms with Crippen LogP contribution in [0.25, 0.3) is 0 Å². The lowest BCUT2D eigenvalue weighted by molar-refractivity contribution is -0.101. The molecule has 2 unspecified atom stereocenters. The number of rotatable bonds is 6. The van der Waals surface area contributed by atoms with E-state index in [9.17, 15) is 8.42 Å². The molecule has 2 aliphatic heterocycles. The van der Waals surface area contributed by atoms with E-state index in [0.29, 0.717) is 12.1 Å². The molecule has 2 aliphatic rings. The van der Waals surface area contributed by atoms with Crippen LogP contribution in [0.1, 0.15) is 11.1 Å². The maximum Gasteiger partial charge on any atom is 0.213 e. The number of fused-ring (bicyclic) bond motifs is 2. The van der Waals surface area contributed by atoms with E-state index in [1.165, 1.54) is 0 Å². The molecule has 7 nitrogen and oxygen atoms in total. The summed E-state index contributed by atoms with van der Waals surface area (Å²) in [5.74, 6) is 0.0795. The lowest BCUT2D eigenvalue weighted by atomic mass is 10.1. The average Bonchev–Trinajstić information content (AvgIpc) is 2.59. The number of sulfonamides is 1. The summed E-state index contributed by atoms with van der Waals surface area (Å²) in [5, 5.41) is 12.1. The smallest absolute Gasteiger partial charge is 0.213 e. The van der Waals surface area contributed by atoms with Crippen molar-refractivity contribution in [3.05, 3.63) is 35.4 Å². The van der Waals surface area contributed by atoms with Crippen molar-refractivity contribution in [2.75, 3.05) is 38.5 Å². The normalized spacial score (nSPS) is 22.6. The summed E-state index contributed by atoms with van der Waals surface area (Å²) in [6, 6.07) is 8.93. The molecular weight excluding hydrogens is 399 g/mol. The van der Waals surface area contributed by atoms with Crippen molar-refractivity contribution < 1.29 is 13.2 Å². The summed E-state index contributed by atoms with van der Waals surface area (Å²) in [7, 11) is -3.33. The van der Waals surface area contributed by atoms with E-state index in [0.717, 1.165) is 31.7 Å². The molecule has 0 aliphatic carbocycles. The van der Waals surface area contributed by atoms with Crippen LogP contribution in [0.15, 0.2) is 24.3 Å². The van der Waals surface area contributed by atoms with Crippen LogP contribution in [0.4, 0.5) is 0 Å². The van der Waals surface area contributed by atoms with Crippen LogP contribution in [0.2, 0.25) is 0 Å². The fraction of sp³-hybridized carbons (Fsp3) is 0.562. The van der Waals surface area contributed by atoms with E-state index in [1.54, 1.807) is 24.3 Å². The summed E-state index contributed by atoms with van der Waals surface area (Å²) in [6.45, 7) is 3.96. The van der Waals surface area contributed by atoms with Crippen molar-refractivity contribution in [1.29, 1.82) is 5.26 Å². The fourth-order valence-electron chi connectivity index (χ4n) is 3.03. The third-order valence-corrected chi connectivity index (χ3v) is 5.61. The number of nitrogens with zero attached hydrogens (tertiary/aromatic N) is 2. The van der Waals surface area contributed by atoms with E-state index in [-0.39, 0.29) is 49.3 Å². The molecule has 1 aromatic rings. The second-order valence-electron chi connectivity index (χ2n) is 6.25. The Morgan fingerprint density at radius 1 is 1.19 bits per heavy atom. The highest BCUT2D eigenvalue weighted by Crippen LogP contribution is 2.14. The number of hydrogen-bond acceptors (Lipinski definition) is 6. The molecule has 2 atom stereocenters. The fourth-order valence-corrected chi connectivity index (χ4v) is 4.06. The first-order valence-electron chi connectivity index (χ1n) is 8.09. The highest BCUT2D eigenvalue weighted by atomic mass is 35.5. The molecule has 0 aromatic heterocycles. The zero-order valence-corrected chi connectivity index (χ0v) is 16.7. The van der Waals surface area contributed by atoms with Crippen LogP contribution in [-0.4, -0.2) is 64.0 Å². The number of morpholine rings is 2. The highest BCUT2D eigenvalue weighted by molar-refractivity contribution is 7.89. The number of ether oxygens (including phenoxy) is 1. The van der Waals surface area contributed by atoms with Gasteiger partial charge in [0, 0.05) is 39.3 Å². The van der Waals surface area contributed by atoms with Gasteiger partial charge in [-0.3, -0.25) is 4.90 Å². The van der Waals surface area contributed by atoms with Crippen LogP contribution >= 0.6 is 24.8 Å². The Labute approximate surface area is 167 Å². The topological polar surface area (TPSA) is 94.5 Å². The standard InChI is InChI=1S/C16H22N4O3S.2ClH/c17-7-13-1-3-14(4-2-13)8-19-24(21,22)6-5-20-11-15-9-18-10-16(12-20)23-15;;/h1-4,15-16,18-19H,5-6,8-12H2;2*1H. The molecule has 2 fully saturated rings. The molecule has 1 aromatic carbocycles. The minimum absolute atomic E-state index is 0. The Bertz CT molecular complexity index is 697. The highest BCUT2D eigenvalue weighted by Gasteiger charge is 2.31. The zero-order chi connectivity index (χ0) is 17.0. The minimum Gasteiger partial charge on any atom is -0.370 e. The van der Waals surface area contributed by atoms with Gasteiger partial charge in [-0.05, 0) is 17.7 Å². The first kappa shape index (κ1) is 23.1. The maximum absolute atomic E-state index is 12.2. The van der Waals surface area contributed by atoms with Gasteiger partial charge in [0.2, 0.25) is 10.0 Å². The number of hydrogen-bond donors (Lipinski definition) is 2. The third kappa shape index (κ3) is 6.67. The van der Waals surface area contributed by atoms with Gasteiger partial charge in [-0.1, -0.05) is 12.1 Å². The molecule has 10 heteroatoms. The van der Waals surface area contributed by atoms with Crippen LogP contribution in [0, 0.1) is 11.3 Å². The largest absolute Gasteiger partial charge is 0.370 e. The van der Waals surface area contributed by atoms with E-state index in [1.807, 2.05) is 6.07 Å². The van der Waals surface area contributed by atoms with Crippen LogP contribution in [0.5, 0.6) is 0 Å². The van der Waals surface area contributed by atoms with Gasteiger partial charge in [-0.2, -0.15) is 5.26 Å². The first-order chi connectivity index (χ1) is 11.5. The molecule has 3 rings (SSSR count). The molecule has 0 spiro atoms. The molecule has 2 N–H and O–H groups in total. The van der Waals surface area contributed by atoms with E-state index in [2.05, 4.69) is 14.9 Å². The Morgan fingerprint density at radius 3 is 2.38 bits per heavy atom. The summed E-state index contributed by atoms with van der Waals surface area (Å²) < 4.78 is 32.8. The Balaban J connectivity index is 0.00000169. The second kappa shape index (κ2) is 10.4. The lowest BCUT2D eigenvalue weighted by Crippen LogP contribution is -2.58. The molecule has 0 radical (unpaired) electrons. The van der Waals surface area contributed by atoms with Gasteiger partial charge in [-0.15, -0.1) is 24.8 Å². The predicted octanol–water partition coefficient (Wildman–Crippen LogP) is 0.494. The van der Waals surface area contributed by atoms with Gasteiger partial charge >= 0.3 is 0 Å². The van der Waals surface area contributed by atoms with Crippen molar-refractivity contribution in [3.63, 3.8) is 0 Å². The number of halogens is 2. The quantitative estimate of drug-likeness (QED) is 0.692. The minimum atomic E-state index is -3.33. The van der Waals surface area contributed by atoms with Gasteiger partial charge in [0.05, 0.1) is 29.6 Å². The monoisotopic (exact) mass is 422 g/mol. The van der Waals surface area contributed by atoms with Gasteiger partial charge in [0.1, 0.15) is 0 Å². The number of nitrogens with one attached hydrogen (secondary N) is 2. The maximum atomic E-state index is 12.2. The molecule has 0 amide bonds. The van der Waals surface area contributed by atoms with Crippen molar-refractivity contribution in [1.82, 2.24) is 14.9 Å². The molecule has 146 valence electrons. The molecule has 26 heavy (non-hydrogen) atoms. The van der Waals surface area contributed by atoms with Crippen LogP contribution < -0.4 is 10.0 Å². The van der Waals surface area contributed by atoms with Crippen molar-refractivity contribution in [2.45, 2.75) is 18.8 Å². The Morgan fingerprint density at radius 2 is 1.81 bits per heavy atom. The Kier molecular flexibility index (Phi) is 9.27. The molecule has 0 saturated carbocycles. The van der Waals surface area contributed by atoms with Crippen LogP contribution in [-0.2, 0) is 21.3 Å². The molecular formula is C16H24Cl2N4O3S. The average molecular weight is 423 g/mol.